The van der Waals surface area contributed by atoms with Gasteiger partial charge in [-0.25, -0.2) is 0 Å². The molecule has 0 radical (unpaired) electrons. The van der Waals surface area contributed by atoms with Gasteiger partial charge in [-0.3, -0.25) is 4.79 Å². The number of hydrogen-bond acceptors (Lipinski definition) is 2. The van der Waals surface area contributed by atoms with E-state index in [1.54, 1.807) is 0 Å². The third-order valence-electron chi connectivity index (χ3n) is 4.64. The van der Waals surface area contributed by atoms with Crippen LogP contribution in [0.15, 0.2) is 109 Å². The minimum atomic E-state index is -0.0588. The summed E-state index contributed by atoms with van der Waals surface area (Å²) >= 11 is 2.33. The van der Waals surface area contributed by atoms with Gasteiger partial charge >= 0.3 is 0 Å². The SMILES string of the molecule is O=C(C1=CN(c2ccccc2I)C=CC1c1ccccc1)c1ccccc1. The Bertz CT molecular complexity index is 1010. The van der Waals surface area contributed by atoms with Crippen molar-refractivity contribution in [3.8, 4) is 0 Å². The van der Waals surface area contributed by atoms with Crippen molar-refractivity contribution in [1.82, 2.24) is 0 Å². The van der Waals surface area contributed by atoms with Gasteiger partial charge in [-0.15, -0.1) is 0 Å². The number of benzene rings is 3. The first-order chi connectivity index (χ1) is 13.2. The number of hydrogen-bond donors (Lipinski definition) is 0. The number of ketones is 1. The number of carbonyl (C=O) groups excluding carboxylic acids is 1. The summed E-state index contributed by atoms with van der Waals surface area (Å²) in [5, 5.41) is 0. The largest absolute Gasteiger partial charge is 0.323 e. The first-order valence-corrected chi connectivity index (χ1v) is 9.89. The molecule has 0 spiro atoms. The van der Waals surface area contributed by atoms with E-state index in [4.69, 9.17) is 0 Å². The predicted octanol–water partition coefficient (Wildman–Crippen LogP) is 6.18. The van der Waals surface area contributed by atoms with Crippen LogP contribution in [0.4, 0.5) is 5.69 Å². The Hall–Kier alpha value is -2.66. The Balaban J connectivity index is 1.79. The van der Waals surface area contributed by atoms with E-state index in [1.807, 2.05) is 71.8 Å². The normalized spacial score (nSPS) is 16.1. The molecule has 1 atom stereocenters. The standard InChI is InChI=1S/C24H18INO/c25-22-13-7-8-14-23(22)26-16-15-20(18-9-3-1-4-10-18)21(17-26)24(27)19-11-5-2-6-12-19/h1-17,20H. The Kier molecular flexibility index (Phi) is 5.21. The van der Waals surface area contributed by atoms with Crippen molar-refractivity contribution >= 4 is 34.1 Å². The summed E-state index contributed by atoms with van der Waals surface area (Å²) in [7, 11) is 0. The van der Waals surface area contributed by atoms with Crippen LogP contribution in [-0.2, 0) is 0 Å². The topological polar surface area (TPSA) is 20.3 Å². The third-order valence-corrected chi connectivity index (χ3v) is 5.55. The third kappa shape index (κ3) is 3.74. The number of halogens is 1. The molecule has 0 aliphatic carbocycles. The van der Waals surface area contributed by atoms with Crippen LogP contribution in [0.3, 0.4) is 0 Å². The van der Waals surface area contributed by atoms with Crippen LogP contribution in [0.25, 0.3) is 0 Å². The van der Waals surface area contributed by atoms with Gasteiger partial charge in [-0.1, -0.05) is 78.9 Å². The second kappa shape index (κ2) is 7.92. The lowest BCUT2D eigenvalue weighted by Crippen LogP contribution is -2.21. The summed E-state index contributed by atoms with van der Waals surface area (Å²) in [6.45, 7) is 0. The van der Waals surface area contributed by atoms with Gasteiger partial charge in [0.15, 0.2) is 5.78 Å². The molecule has 0 saturated heterocycles. The van der Waals surface area contributed by atoms with Gasteiger partial charge in [0.2, 0.25) is 0 Å². The van der Waals surface area contributed by atoms with Crippen molar-refractivity contribution in [2.45, 2.75) is 5.92 Å². The summed E-state index contributed by atoms with van der Waals surface area (Å²) in [6, 6.07) is 27.8. The summed E-state index contributed by atoms with van der Waals surface area (Å²) in [4.78, 5) is 15.4. The summed E-state index contributed by atoms with van der Waals surface area (Å²) in [5.41, 5.74) is 3.67. The minimum Gasteiger partial charge on any atom is -0.323 e. The van der Waals surface area contributed by atoms with E-state index in [0.717, 1.165) is 20.4 Å². The van der Waals surface area contributed by atoms with Gasteiger partial charge in [0.1, 0.15) is 0 Å². The number of para-hydroxylation sites is 1. The average molecular weight is 463 g/mol. The molecule has 3 heteroatoms. The zero-order valence-corrected chi connectivity index (χ0v) is 16.8. The van der Waals surface area contributed by atoms with Gasteiger partial charge in [0.05, 0.1) is 5.69 Å². The Labute approximate surface area is 173 Å². The Morgan fingerprint density at radius 3 is 2.15 bits per heavy atom. The lowest BCUT2D eigenvalue weighted by Gasteiger charge is -2.27. The number of rotatable bonds is 4. The van der Waals surface area contributed by atoms with Crippen LogP contribution in [0.5, 0.6) is 0 Å². The molecule has 0 bridgehead atoms. The molecule has 1 heterocycles. The van der Waals surface area contributed by atoms with Crippen LogP contribution in [-0.4, -0.2) is 5.78 Å². The molecule has 0 amide bonds. The molecule has 1 aliphatic rings. The van der Waals surface area contributed by atoms with Crippen LogP contribution in [0.2, 0.25) is 0 Å². The van der Waals surface area contributed by atoms with E-state index in [-0.39, 0.29) is 11.7 Å². The van der Waals surface area contributed by atoms with Gasteiger partial charge < -0.3 is 4.90 Å². The first-order valence-electron chi connectivity index (χ1n) is 8.81. The zero-order chi connectivity index (χ0) is 18.6. The Morgan fingerprint density at radius 2 is 1.44 bits per heavy atom. The van der Waals surface area contributed by atoms with Gasteiger partial charge in [-0.05, 0) is 40.3 Å². The number of carbonyl (C=O) groups is 1. The second-order valence-corrected chi connectivity index (χ2v) is 7.53. The van der Waals surface area contributed by atoms with E-state index < -0.39 is 0 Å². The smallest absolute Gasteiger partial charge is 0.191 e. The predicted molar refractivity (Wildman–Crippen MR) is 119 cm³/mol. The van der Waals surface area contributed by atoms with E-state index >= 15 is 0 Å². The molecular formula is C24H18INO. The van der Waals surface area contributed by atoms with Crippen molar-refractivity contribution in [3.05, 3.63) is 124 Å². The van der Waals surface area contributed by atoms with Crippen LogP contribution < -0.4 is 4.90 Å². The van der Waals surface area contributed by atoms with Crippen LogP contribution in [0, 0.1) is 3.57 Å². The van der Waals surface area contributed by atoms with Gasteiger partial charge in [-0.2, -0.15) is 0 Å². The van der Waals surface area contributed by atoms with Crippen molar-refractivity contribution in [2.24, 2.45) is 0 Å². The first kappa shape index (κ1) is 17.7. The number of allylic oxidation sites excluding steroid dienone is 2. The van der Waals surface area contributed by atoms with Crippen molar-refractivity contribution in [1.29, 1.82) is 0 Å². The highest BCUT2D eigenvalue weighted by molar-refractivity contribution is 14.1. The molecule has 0 fully saturated rings. The molecule has 0 N–H and O–H groups in total. The lowest BCUT2D eigenvalue weighted by atomic mass is 9.85. The van der Waals surface area contributed by atoms with E-state index in [0.29, 0.717) is 5.56 Å². The molecule has 0 aromatic heterocycles. The van der Waals surface area contributed by atoms with Crippen molar-refractivity contribution < 1.29 is 4.79 Å². The second-order valence-electron chi connectivity index (χ2n) is 6.37. The maximum Gasteiger partial charge on any atom is 0.191 e. The molecule has 27 heavy (non-hydrogen) atoms. The maximum atomic E-state index is 13.3. The number of Topliss-reactive ketones (excluding diaryl/α,β-unsaturated/α-hetero) is 1. The molecule has 1 aliphatic heterocycles. The highest BCUT2D eigenvalue weighted by atomic mass is 127. The fourth-order valence-electron chi connectivity index (χ4n) is 3.27. The van der Waals surface area contributed by atoms with Crippen LogP contribution >= 0.6 is 22.6 Å². The summed E-state index contributed by atoms with van der Waals surface area (Å²) in [5.74, 6) is 0.00118. The molecule has 3 aromatic carbocycles. The molecule has 0 saturated carbocycles. The monoisotopic (exact) mass is 463 g/mol. The van der Waals surface area contributed by atoms with Gasteiger partial charge in [0.25, 0.3) is 0 Å². The average Bonchev–Trinajstić information content (AvgIpc) is 2.74. The fourth-order valence-corrected chi connectivity index (χ4v) is 3.94. The summed E-state index contributed by atoms with van der Waals surface area (Å²) in [6.07, 6.45) is 6.13. The van der Waals surface area contributed by atoms with Gasteiger partial charge in [0, 0.05) is 33.0 Å². The lowest BCUT2D eigenvalue weighted by molar-refractivity contribution is 0.102. The van der Waals surface area contributed by atoms with E-state index in [2.05, 4.69) is 59.1 Å². The highest BCUT2D eigenvalue weighted by Gasteiger charge is 2.26. The van der Waals surface area contributed by atoms with E-state index in [9.17, 15) is 4.79 Å². The minimum absolute atomic E-state index is 0.0588. The quantitative estimate of drug-likeness (QED) is 0.341. The molecule has 132 valence electrons. The molecule has 2 nitrogen and oxygen atoms in total. The zero-order valence-electron chi connectivity index (χ0n) is 14.6. The number of anilines is 1. The maximum absolute atomic E-state index is 13.3. The highest BCUT2D eigenvalue weighted by Crippen LogP contribution is 2.34. The van der Waals surface area contributed by atoms with E-state index in [1.165, 1.54) is 0 Å². The Morgan fingerprint density at radius 1 is 0.815 bits per heavy atom. The molecule has 4 rings (SSSR count). The van der Waals surface area contributed by atoms with Crippen molar-refractivity contribution in [3.63, 3.8) is 0 Å². The summed E-state index contributed by atoms with van der Waals surface area (Å²) < 4.78 is 1.14. The number of nitrogens with zero attached hydrogens (tertiary/aromatic N) is 1. The molecular weight excluding hydrogens is 445 g/mol. The van der Waals surface area contributed by atoms with Crippen LogP contribution in [0.1, 0.15) is 21.8 Å². The van der Waals surface area contributed by atoms with Crippen molar-refractivity contribution in [2.75, 3.05) is 4.90 Å². The fraction of sp³-hybridized carbons (Fsp3) is 0.0417. The molecule has 3 aromatic rings. The molecule has 1 unspecified atom stereocenters.